The van der Waals surface area contributed by atoms with Crippen molar-refractivity contribution in [1.82, 2.24) is 0 Å². The Hall–Kier alpha value is -1.60. The lowest BCUT2D eigenvalue weighted by Gasteiger charge is -2.22. The molecule has 0 aliphatic heterocycles. The zero-order chi connectivity index (χ0) is 12.3. The first-order chi connectivity index (χ1) is 7.36. The number of nitrogens with zero attached hydrogens (tertiary/aromatic N) is 1. The van der Waals surface area contributed by atoms with Crippen molar-refractivity contribution in [3.63, 3.8) is 0 Å². The highest BCUT2D eigenvalue weighted by Crippen LogP contribution is 2.34. The number of hydrogen-bond donors (Lipinski definition) is 1. The number of benzene rings is 1. The second-order valence-electron chi connectivity index (χ2n) is 4.97. The number of aliphatic imine (C=N–C) groups is 1. The molecule has 0 saturated carbocycles. The van der Waals surface area contributed by atoms with Crippen molar-refractivity contribution in [3.05, 3.63) is 28.8 Å². The molecule has 1 aromatic carbocycles. The average molecular weight is 219 g/mol. The highest BCUT2D eigenvalue weighted by molar-refractivity contribution is 5.46. The number of phenolic OH excluding ortho intramolecular Hbond substituents is 1. The summed E-state index contributed by atoms with van der Waals surface area (Å²) in [4.78, 5) is 13.6. The molecule has 0 radical (unpaired) electrons. The van der Waals surface area contributed by atoms with Crippen LogP contribution < -0.4 is 0 Å². The first-order valence-electron chi connectivity index (χ1n) is 5.23. The highest BCUT2D eigenvalue weighted by Gasteiger charge is 2.19. The van der Waals surface area contributed by atoms with Crippen molar-refractivity contribution in [1.29, 1.82) is 0 Å². The molecule has 0 atom stereocenters. The second-order valence-corrected chi connectivity index (χ2v) is 4.97. The van der Waals surface area contributed by atoms with E-state index in [1.165, 1.54) is 6.08 Å². The largest absolute Gasteiger partial charge is 0.507 e. The van der Waals surface area contributed by atoms with Crippen molar-refractivity contribution in [2.45, 2.75) is 39.7 Å². The summed E-state index contributed by atoms with van der Waals surface area (Å²) in [5, 5.41) is 9.98. The molecule has 0 aliphatic carbocycles. The van der Waals surface area contributed by atoms with Crippen LogP contribution in [0.1, 0.15) is 37.5 Å². The Labute approximate surface area is 95.8 Å². The number of phenols is 1. The monoisotopic (exact) mass is 219 g/mol. The maximum absolute atomic E-state index is 10.1. The molecule has 1 rings (SSSR count). The minimum atomic E-state index is -0.129. The van der Waals surface area contributed by atoms with Crippen LogP contribution in [0.3, 0.4) is 0 Å². The van der Waals surface area contributed by atoms with Gasteiger partial charge in [0, 0.05) is 0 Å². The predicted molar refractivity (Wildman–Crippen MR) is 63.4 cm³/mol. The maximum Gasteiger partial charge on any atom is 0.235 e. The fourth-order valence-electron chi connectivity index (χ4n) is 1.64. The topological polar surface area (TPSA) is 49.7 Å². The summed E-state index contributed by atoms with van der Waals surface area (Å²) in [6.45, 7) is 8.27. The molecule has 0 fully saturated rings. The van der Waals surface area contributed by atoms with E-state index >= 15 is 0 Å². The molecule has 86 valence electrons. The molecule has 3 heteroatoms. The summed E-state index contributed by atoms with van der Waals surface area (Å²) >= 11 is 0. The fourth-order valence-corrected chi connectivity index (χ4v) is 1.64. The van der Waals surface area contributed by atoms with Crippen LogP contribution in [-0.2, 0) is 16.8 Å². The van der Waals surface area contributed by atoms with E-state index in [0.717, 1.165) is 16.7 Å². The zero-order valence-electron chi connectivity index (χ0n) is 10.2. The van der Waals surface area contributed by atoms with Gasteiger partial charge in [-0.2, -0.15) is 0 Å². The van der Waals surface area contributed by atoms with Crippen LogP contribution in [0.25, 0.3) is 0 Å². The van der Waals surface area contributed by atoms with Crippen LogP contribution in [0.15, 0.2) is 17.1 Å². The molecule has 1 N–H and O–H groups in total. The zero-order valence-corrected chi connectivity index (χ0v) is 10.2. The third kappa shape index (κ3) is 2.71. The standard InChI is InChI=1S/C13H17NO2/c1-9-5-10(7-14-8-15)6-11(12(9)16)13(2,3)4/h5-6,16H,7H2,1-4H3. The smallest absolute Gasteiger partial charge is 0.235 e. The Bertz CT molecular complexity index is 438. The summed E-state index contributed by atoms with van der Waals surface area (Å²) in [6, 6.07) is 3.73. The van der Waals surface area contributed by atoms with E-state index in [4.69, 9.17) is 0 Å². The summed E-state index contributed by atoms with van der Waals surface area (Å²) in [7, 11) is 0. The number of rotatable bonds is 2. The van der Waals surface area contributed by atoms with Crippen LogP contribution in [0.2, 0.25) is 0 Å². The number of carbonyl (C=O) groups excluding carboxylic acids is 1. The first-order valence-corrected chi connectivity index (χ1v) is 5.23. The molecule has 3 nitrogen and oxygen atoms in total. The summed E-state index contributed by atoms with van der Waals surface area (Å²) < 4.78 is 0. The molecule has 0 saturated heterocycles. The third-order valence-corrected chi connectivity index (χ3v) is 2.49. The van der Waals surface area contributed by atoms with Crippen LogP contribution in [0, 0.1) is 6.92 Å². The van der Waals surface area contributed by atoms with E-state index in [1.807, 2.05) is 39.8 Å². The van der Waals surface area contributed by atoms with Crippen molar-refractivity contribution in [3.8, 4) is 5.75 Å². The van der Waals surface area contributed by atoms with E-state index in [0.29, 0.717) is 12.3 Å². The minimum absolute atomic E-state index is 0.129. The Kier molecular flexibility index (Phi) is 3.51. The van der Waals surface area contributed by atoms with E-state index < -0.39 is 0 Å². The van der Waals surface area contributed by atoms with Gasteiger partial charge in [0.05, 0.1) is 6.54 Å². The van der Waals surface area contributed by atoms with Gasteiger partial charge in [0.25, 0.3) is 0 Å². The van der Waals surface area contributed by atoms with Crippen molar-refractivity contribution >= 4 is 6.08 Å². The summed E-state index contributed by atoms with van der Waals surface area (Å²) in [6.07, 6.45) is 1.52. The molecule has 0 spiro atoms. The van der Waals surface area contributed by atoms with Gasteiger partial charge in [0.1, 0.15) is 5.75 Å². The maximum atomic E-state index is 10.1. The van der Waals surface area contributed by atoms with Gasteiger partial charge in [-0.1, -0.05) is 26.8 Å². The quantitative estimate of drug-likeness (QED) is 0.614. The third-order valence-electron chi connectivity index (χ3n) is 2.49. The van der Waals surface area contributed by atoms with Crippen LogP contribution in [0.4, 0.5) is 0 Å². The minimum Gasteiger partial charge on any atom is -0.507 e. The normalized spacial score (nSPS) is 11.0. The van der Waals surface area contributed by atoms with Crippen molar-refractivity contribution < 1.29 is 9.90 Å². The van der Waals surface area contributed by atoms with Crippen LogP contribution >= 0.6 is 0 Å². The van der Waals surface area contributed by atoms with E-state index in [-0.39, 0.29) is 5.41 Å². The first kappa shape index (κ1) is 12.5. The molecule has 16 heavy (non-hydrogen) atoms. The van der Waals surface area contributed by atoms with Crippen LogP contribution in [0.5, 0.6) is 5.75 Å². The summed E-state index contributed by atoms with van der Waals surface area (Å²) in [5.74, 6) is 0.325. The molecule has 0 heterocycles. The number of aryl methyl sites for hydroxylation is 1. The van der Waals surface area contributed by atoms with E-state index in [2.05, 4.69) is 4.99 Å². The van der Waals surface area contributed by atoms with Gasteiger partial charge < -0.3 is 5.11 Å². The number of isocyanates is 1. The molecule has 1 aromatic rings. The Morgan fingerprint density at radius 3 is 2.50 bits per heavy atom. The summed E-state index contributed by atoms with van der Waals surface area (Å²) in [5.41, 5.74) is 2.48. The molecule has 0 aliphatic rings. The predicted octanol–water partition coefficient (Wildman–Crippen LogP) is 2.83. The van der Waals surface area contributed by atoms with E-state index in [1.54, 1.807) is 0 Å². The molecular weight excluding hydrogens is 202 g/mol. The number of hydrogen-bond acceptors (Lipinski definition) is 3. The van der Waals surface area contributed by atoms with Gasteiger partial charge >= 0.3 is 0 Å². The lowest BCUT2D eigenvalue weighted by atomic mass is 9.84. The Morgan fingerprint density at radius 2 is 2.00 bits per heavy atom. The van der Waals surface area contributed by atoms with Gasteiger partial charge in [-0.3, -0.25) is 0 Å². The Balaban J connectivity index is 3.27. The van der Waals surface area contributed by atoms with E-state index in [9.17, 15) is 9.90 Å². The van der Waals surface area contributed by atoms with Crippen LogP contribution in [-0.4, -0.2) is 11.2 Å². The SMILES string of the molecule is Cc1cc(CN=C=O)cc(C(C)(C)C)c1O. The molecular formula is C13H17NO2. The average Bonchev–Trinajstić information content (AvgIpc) is 2.17. The van der Waals surface area contributed by atoms with Crippen molar-refractivity contribution in [2.75, 3.05) is 0 Å². The lowest BCUT2D eigenvalue weighted by molar-refractivity contribution is 0.442. The molecule has 0 bridgehead atoms. The van der Waals surface area contributed by atoms with Gasteiger partial charge in [0.2, 0.25) is 6.08 Å². The second kappa shape index (κ2) is 4.50. The lowest BCUT2D eigenvalue weighted by Crippen LogP contribution is -2.12. The van der Waals surface area contributed by atoms with Gasteiger partial charge in [-0.25, -0.2) is 9.79 Å². The fraction of sp³-hybridized carbons (Fsp3) is 0.462. The van der Waals surface area contributed by atoms with Gasteiger partial charge in [0.15, 0.2) is 0 Å². The number of aromatic hydroxyl groups is 1. The Morgan fingerprint density at radius 1 is 1.38 bits per heavy atom. The highest BCUT2D eigenvalue weighted by atomic mass is 16.3. The molecule has 0 unspecified atom stereocenters. The van der Waals surface area contributed by atoms with Gasteiger partial charge in [-0.15, -0.1) is 0 Å². The molecule has 0 aromatic heterocycles. The van der Waals surface area contributed by atoms with Crippen molar-refractivity contribution in [2.24, 2.45) is 4.99 Å². The van der Waals surface area contributed by atoms with Gasteiger partial charge in [-0.05, 0) is 35.1 Å². The molecule has 0 amide bonds.